The number of nitrogens with one attached hydrogen (secondary N) is 2. The number of carbonyl (C=O) groups excluding carboxylic acids is 2. The summed E-state index contributed by atoms with van der Waals surface area (Å²) in [4.78, 5) is 22.4. The van der Waals surface area contributed by atoms with Gasteiger partial charge in [0.15, 0.2) is 11.5 Å². The fraction of sp³-hybridized carbons (Fsp3) is 0.308. The van der Waals surface area contributed by atoms with E-state index in [1.54, 1.807) is 18.2 Å². The van der Waals surface area contributed by atoms with E-state index in [-0.39, 0.29) is 17.6 Å². The molecule has 3 rings (SSSR count). The number of nitrogens with zero attached hydrogens (tertiary/aromatic N) is 4. The Morgan fingerprint density at radius 2 is 2.04 bits per heavy atom. The van der Waals surface area contributed by atoms with E-state index in [0.717, 1.165) is 11.8 Å². The van der Waals surface area contributed by atoms with Crippen LogP contribution in [-0.4, -0.2) is 51.0 Å². The molecule has 2 heterocycles. The van der Waals surface area contributed by atoms with Crippen LogP contribution in [0.25, 0.3) is 5.69 Å². The molecule has 0 aliphatic carbocycles. The number of rotatable bonds is 4. The van der Waals surface area contributed by atoms with Crippen LogP contribution in [0.3, 0.4) is 0 Å². The van der Waals surface area contributed by atoms with E-state index < -0.39 is 0 Å². The molecule has 0 saturated heterocycles. The van der Waals surface area contributed by atoms with Gasteiger partial charge < -0.3 is 9.47 Å². The molecule has 2 amide bonds. The molecule has 2 aromatic rings. The van der Waals surface area contributed by atoms with Crippen LogP contribution >= 0.6 is 11.8 Å². The van der Waals surface area contributed by atoms with E-state index >= 15 is 0 Å². The molecule has 0 unspecified atom stereocenters. The van der Waals surface area contributed by atoms with Gasteiger partial charge in [-0.05, 0) is 22.6 Å². The largest absolute Gasteiger partial charge is 0.486 e. The molecule has 1 aromatic carbocycles. The van der Waals surface area contributed by atoms with Gasteiger partial charge in [0.25, 0.3) is 0 Å². The number of carbonyl (C=O) groups is 2. The lowest BCUT2D eigenvalue weighted by Crippen LogP contribution is -2.41. The highest BCUT2D eigenvalue weighted by Gasteiger charge is 2.16. The fourth-order valence-corrected chi connectivity index (χ4v) is 2.61. The van der Waals surface area contributed by atoms with E-state index in [4.69, 9.17) is 9.47 Å². The zero-order valence-electron chi connectivity index (χ0n) is 12.7. The van der Waals surface area contributed by atoms with Gasteiger partial charge in [-0.1, -0.05) is 11.8 Å². The number of aromatic nitrogens is 4. The van der Waals surface area contributed by atoms with Gasteiger partial charge in [0.1, 0.15) is 13.2 Å². The third-order valence-corrected chi connectivity index (χ3v) is 3.84. The Balaban J connectivity index is 1.69. The van der Waals surface area contributed by atoms with Gasteiger partial charge in [-0.15, -0.1) is 5.10 Å². The second-order valence-electron chi connectivity index (χ2n) is 4.72. The van der Waals surface area contributed by atoms with Crippen LogP contribution in [0.4, 0.5) is 0 Å². The molecule has 126 valence electrons. The van der Waals surface area contributed by atoms with Gasteiger partial charge in [-0.3, -0.25) is 20.4 Å². The summed E-state index contributed by atoms with van der Waals surface area (Å²) in [6.45, 7) is 2.30. The molecule has 0 saturated carbocycles. The van der Waals surface area contributed by atoms with Crippen LogP contribution in [0.5, 0.6) is 11.5 Å². The van der Waals surface area contributed by atoms with E-state index in [0.29, 0.717) is 35.6 Å². The second-order valence-corrected chi connectivity index (χ2v) is 5.66. The molecule has 10 nitrogen and oxygen atoms in total. The Morgan fingerprint density at radius 3 is 2.83 bits per heavy atom. The van der Waals surface area contributed by atoms with Gasteiger partial charge in [0.2, 0.25) is 17.0 Å². The summed E-state index contributed by atoms with van der Waals surface area (Å²) in [6.07, 6.45) is 0. The zero-order chi connectivity index (χ0) is 16.9. The van der Waals surface area contributed by atoms with Crippen molar-refractivity contribution in [2.75, 3.05) is 19.0 Å². The average molecular weight is 350 g/mol. The molecule has 0 spiro atoms. The van der Waals surface area contributed by atoms with Gasteiger partial charge >= 0.3 is 0 Å². The van der Waals surface area contributed by atoms with Crippen molar-refractivity contribution >= 4 is 23.6 Å². The SMILES string of the molecule is CC(=O)NNC(=O)CSc1nnnn1-c1ccc2c(c1)OCCO2. The highest BCUT2D eigenvalue weighted by atomic mass is 32.2. The molecule has 24 heavy (non-hydrogen) atoms. The van der Waals surface area contributed by atoms with Crippen LogP contribution in [0, 0.1) is 0 Å². The first-order valence-corrected chi connectivity index (χ1v) is 7.98. The highest BCUT2D eigenvalue weighted by molar-refractivity contribution is 7.99. The monoisotopic (exact) mass is 350 g/mol. The number of hydrazine groups is 1. The van der Waals surface area contributed by atoms with Gasteiger partial charge in [-0.2, -0.15) is 4.68 Å². The number of ether oxygens (including phenoxy) is 2. The minimum atomic E-state index is -0.369. The number of tetrazole rings is 1. The van der Waals surface area contributed by atoms with Crippen molar-refractivity contribution in [1.82, 2.24) is 31.1 Å². The molecule has 2 N–H and O–H groups in total. The molecule has 0 bridgehead atoms. The minimum absolute atomic E-state index is 0.0468. The van der Waals surface area contributed by atoms with Crippen LogP contribution in [0.1, 0.15) is 6.92 Å². The maximum absolute atomic E-state index is 11.6. The summed E-state index contributed by atoms with van der Waals surface area (Å²) >= 11 is 1.14. The van der Waals surface area contributed by atoms with Crippen molar-refractivity contribution < 1.29 is 19.1 Å². The Morgan fingerprint density at radius 1 is 1.25 bits per heavy atom. The third-order valence-electron chi connectivity index (χ3n) is 2.92. The Labute approximate surface area is 140 Å². The third kappa shape index (κ3) is 3.74. The van der Waals surface area contributed by atoms with Crippen molar-refractivity contribution in [1.29, 1.82) is 0 Å². The van der Waals surface area contributed by atoms with Crippen molar-refractivity contribution in [3.63, 3.8) is 0 Å². The van der Waals surface area contributed by atoms with E-state index in [1.165, 1.54) is 11.6 Å². The molecule has 1 aliphatic heterocycles. The number of hydrogen-bond acceptors (Lipinski definition) is 8. The van der Waals surface area contributed by atoms with Crippen LogP contribution in [-0.2, 0) is 9.59 Å². The summed E-state index contributed by atoms with van der Waals surface area (Å²) in [7, 11) is 0. The van der Waals surface area contributed by atoms with Crippen LogP contribution < -0.4 is 20.3 Å². The lowest BCUT2D eigenvalue weighted by molar-refractivity contribution is -0.126. The first-order valence-electron chi connectivity index (χ1n) is 7.00. The standard InChI is InChI=1S/C13H14N6O4S/c1-8(20)14-15-12(21)7-24-13-16-17-18-19(13)9-2-3-10-11(6-9)23-5-4-22-10/h2-3,6H,4-5,7H2,1H3,(H,14,20)(H,15,21). The van der Waals surface area contributed by atoms with E-state index in [2.05, 4.69) is 26.4 Å². The van der Waals surface area contributed by atoms with E-state index in [9.17, 15) is 9.59 Å². The fourth-order valence-electron chi connectivity index (χ4n) is 1.92. The molecule has 0 fully saturated rings. The second kappa shape index (κ2) is 7.17. The molecule has 11 heteroatoms. The summed E-state index contributed by atoms with van der Waals surface area (Å²) in [6, 6.07) is 5.35. The topological polar surface area (TPSA) is 120 Å². The van der Waals surface area contributed by atoms with Crippen molar-refractivity contribution in [2.24, 2.45) is 0 Å². The first-order chi connectivity index (χ1) is 11.6. The highest BCUT2D eigenvalue weighted by Crippen LogP contribution is 2.32. The molecule has 1 aliphatic rings. The predicted molar refractivity (Wildman–Crippen MR) is 82.8 cm³/mol. The molecule has 0 radical (unpaired) electrons. The van der Waals surface area contributed by atoms with Crippen molar-refractivity contribution in [3.05, 3.63) is 18.2 Å². The maximum atomic E-state index is 11.6. The summed E-state index contributed by atoms with van der Waals surface area (Å²) in [5.74, 6) is 0.613. The smallest absolute Gasteiger partial charge is 0.248 e. The number of hydrogen-bond donors (Lipinski definition) is 2. The van der Waals surface area contributed by atoms with Crippen LogP contribution in [0.2, 0.25) is 0 Å². The molecule has 0 atom stereocenters. The zero-order valence-corrected chi connectivity index (χ0v) is 13.5. The Kier molecular flexibility index (Phi) is 4.79. The molecular formula is C13H14N6O4S. The summed E-state index contributed by atoms with van der Waals surface area (Å²) < 4.78 is 12.5. The number of thioether (sulfide) groups is 1. The predicted octanol–water partition coefficient (Wildman–Crippen LogP) is -0.307. The van der Waals surface area contributed by atoms with Gasteiger partial charge in [0.05, 0.1) is 11.4 Å². The van der Waals surface area contributed by atoms with Crippen LogP contribution in [0.15, 0.2) is 23.4 Å². The molecular weight excluding hydrogens is 336 g/mol. The Bertz CT molecular complexity index is 765. The Hall–Kier alpha value is -2.82. The average Bonchev–Trinajstić information content (AvgIpc) is 3.06. The quantitative estimate of drug-likeness (QED) is 0.569. The van der Waals surface area contributed by atoms with E-state index in [1.807, 2.05) is 0 Å². The van der Waals surface area contributed by atoms with Crippen molar-refractivity contribution in [2.45, 2.75) is 12.1 Å². The van der Waals surface area contributed by atoms with Gasteiger partial charge in [0, 0.05) is 13.0 Å². The normalized spacial score (nSPS) is 12.5. The number of amides is 2. The molecule has 1 aromatic heterocycles. The maximum Gasteiger partial charge on any atom is 0.248 e. The lowest BCUT2D eigenvalue weighted by Gasteiger charge is -2.18. The minimum Gasteiger partial charge on any atom is -0.486 e. The summed E-state index contributed by atoms with van der Waals surface area (Å²) in [5, 5.41) is 11.9. The van der Waals surface area contributed by atoms with Crippen molar-refractivity contribution in [3.8, 4) is 17.2 Å². The first kappa shape index (κ1) is 16.1. The number of benzene rings is 1. The number of fused-ring (bicyclic) bond motifs is 1. The lowest BCUT2D eigenvalue weighted by atomic mass is 10.2. The van der Waals surface area contributed by atoms with Gasteiger partial charge in [-0.25, -0.2) is 0 Å². The summed E-state index contributed by atoms with van der Waals surface area (Å²) in [5.41, 5.74) is 5.18.